The fourth-order valence-corrected chi connectivity index (χ4v) is 4.27. The smallest absolute Gasteiger partial charge is 0.295 e. The number of anilines is 2. The Balaban J connectivity index is 1.56. The van der Waals surface area contributed by atoms with Gasteiger partial charge in [0.2, 0.25) is 0 Å². The van der Waals surface area contributed by atoms with Gasteiger partial charge in [0.1, 0.15) is 5.75 Å². The second-order valence-electron chi connectivity index (χ2n) is 6.96. The molecule has 4 aromatic rings. The van der Waals surface area contributed by atoms with Crippen LogP contribution >= 0.6 is 11.3 Å². The molecular weight excluding hydrogens is 448 g/mol. The lowest BCUT2D eigenvalue weighted by Crippen LogP contribution is -2.14. The zero-order chi connectivity index (χ0) is 22.5. The van der Waals surface area contributed by atoms with Crippen LogP contribution in [0.1, 0.15) is 22.3 Å². The van der Waals surface area contributed by atoms with Crippen LogP contribution in [0.2, 0.25) is 0 Å². The predicted molar refractivity (Wildman–Crippen MR) is 124 cm³/mol. The van der Waals surface area contributed by atoms with Gasteiger partial charge >= 0.3 is 0 Å². The number of para-hydroxylation sites is 1. The molecule has 0 amide bonds. The van der Waals surface area contributed by atoms with Gasteiger partial charge in [-0.15, -0.1) is 11.3 Å². The Kier molecular flexibility index (Phi) is 6.84. The Morgan fingerprint density at radius 1 is 1.22 bits per heavy atom. The van der Waals surface area contributed by atoms with E-state index < -0.39 is 11.3 Å². The number of aryl methyl sites for hydroxylation is 1. The highest BCUT2D eigenvalue weighted by molar-refractivity contribution is 7.80. The normalized spacial score (nSPS) is 12.8. The van der Waals surface area contributed by atoms with Gasteiger partial charge in [0.15, 0.2) is 5.76 Å². The summed E-state index contributed by atoms with van der Waals surface area (Å²) in [6, 6.07) is 15.0. The lowest BCUT2D eigenvalue weighted by molar-refractivity contribution is 0.414. The van der Waals surface area contributed by atoms with Gasteiger partial charge in [0.05, 0.1) is 35.6 Å². The van der Waals surface area contributed by atoms with Crippen molar-refractivity contribution in [1.82, 2.24) is 9.97 Å². The van der Waals surface area contributed by atoms with E-state index >= 15 is 0 Å². The average molecular weight is 470 g/mol. The van der Waals surface area contributed by atoms with Gasteiger partial charge in [0, 0.05) is 22.3 Å². The second-order valence-corrected chi connectivity index (χ2v) is 8.69. The van der Waals surface area contributed by atoms with E-state index in [0.717, 1.165) is 21.8 Å². The van der Waals surface area contributed by atoms with Crippen LogP contribution in [-0.2, 0) is 17.7 Å². The van der Waals surface area contributed by atoms with Gasteiger partial charge in [-0.2, -0.15) is 0 Å². The van der Waals surface area contributed by atoms with Crippen molar-refractivity contribution in [2.75, 3.05) is 17.1 Å². The summed E-state index contributed by atoms with van der Waals surface area (Å²) in [6.07, 6.45) is 2.27. The van der Waals surface area contributed by atoms with Crippen molar-refractivity contribution in [3.8, 4) is 17.1 Å². The Morgan fingerprint density at radius 2 is 2.00 bits per heavy atom. The van der Waals surface area contributed by atoms with Crippen molar-refractivity contribution in [2.24, 2.45) is 0 Å². The maximum absolute atomic E-state index is 10.8. The molecule has 0 aliphatic heterocycles. The van der Waals surface area contributed by atoms with Crippen molar-refractivity contribution in [3.63, 3.8) is 0 Å². The summed E-state index contributed by atoms with van der Waals surface area (Å²) in [5, 5.41) is 6.31. The maximum Gasteiger partial charge on any atom is 0.295 e. The second kappa shape index (κ2) is 9.94. The summed E-state index contributed by atoms with van der Waals surface area (Å²) in [5.41, 5.74) is 3.21. The number of nitrogens with zero attached hydrogens (tertiary/aromatic N) is 2. The van der Waals surface area contributed by atoms with Crippen molar-refractivity contribution in [2.45, 2.75) is 19.4 Å². The van der Waals surface area contributed by atoms with Gasteiger partial charge in [-0.3, -0.25) is 4.21 Å². The number of aromatic nitrogens is 2. The molecule has 2 N–H and O–H groups in total. The molecule has 2 aromatic heterocycles. The topological polar surface area (TPSA) is 112 Å². The molecule has 8 nitrogen and oxygen atoms in total. The summed E-state index contributed by atoms with van der Waals surface area (Å²) in [4.78, 5) is 9.02. The molecule has 1 unspecified atom stereocenters. The van der Waals surface area contributed by atoms with Crippen LogP contribution in [-0.4, -0.2) is 25.8 Å². The van der Waals surface area contributed by atoms with E-state index in [1.165, 1.54) is 0 Å². The number of hydrogen-bond donors (Lipinski definition) is 2. The summed E-state index contributed by atoms with van der Waals surface area (Å²) < 4.78 is 35.4. The largest absolute Gasteiger partial charge is 0.755 e. The number of ether oxygens (including phenoxy) is 1. The molecule has 0 bridgehead atoms. The Hall–Kier alpha value is -3.21. The number of hydrogen-bond acceptors (Lipinski definition) is 8. The molecule has 0 saturated carbocycles. The first-order chi connectivity index (χ1) is 15.5. The van der Waals surface area contributed by atoms with Crippen LogP contribution in [0.25, 0.3) is 11.3 Å². The molecule has 10 heteroatoms. The molecule has 0 fully saturated rings. The van der Waals surface area contributed by atoms with Crippen LogP contribution in [0.15, 0.2) is 64.5 Å². The average Bonchev–Trinajstić information content (AvgIpc) is 3.43. The van der Waals surface area contributed by atoms with Crippen LogP contribution in [0.3, 0.4) is 0 Å². The molecule has 0 aliphatic rings. The number of oxazole rings is 1. The number of methoxy groups -OCH3 is 1. The first-order valence-electron chi connectivity index (χ1n) is 9.74. The first-order valence-corrected chi connectivity index (χ1v) is 11.7. The predicted octanol–water partition coefficient (Wildman–Crippen LogP) is 4.72. The van der Waals surface area contributed by atoms with Gasteiger partial charge < -0.3 is 23.7 Å². The summed E-state index contributed by atoms with van der Waals surface area (Å²) in [7, 11) is 1.62. The quantitative estimate of drug-likeness (QED) is 0.341. The van der Waals surface area contributed by atoms with Gasteiger partial charge in [0.25, 0.3) is 6.01 Å². The first kappa shape index (κ1) is 22.0. The monoisotopic (exact) mass is 469 g/mol. The SMILES string of the molecule is COc1ccccc1-c1cnc(N[C@@H](Cc2ccc(NS(=O)[O-])cc2)c2csc(C)n2)o1. The molecule has 0 spiro atoms. The van der Waals surface area contributed by atoms with E-state index in [0.29, 0.717) is 29.6 Å². The molecular formula is C22H21N4O4S2-. The van der Waals surface area contributed by atoms with E-state index in [9.17, 15) is 8.76 Å². The van der Waals surface area contributed by atoms with Crippen LogP contribution in [0.5, 0.6) is 5.75 Å². The molecule has 0 saturated heterocycles. The minimum Gasteiger partial charge on any atom is -0.755 e. The summed E-state index contributed by atoms with van der Waals surface area (Å²) in [5.74, 6) is 1.30. The third kappa shape index (κ3) is 5.34. The molecule has 0 aliphatic carbocycles. The van der Waals surface area contributed by atoms with Crippen molar-refractivity contribution in [3.05, 3.63) is 76.4 Å². The minimum atomic E-state index is -2.35. The molecule has 2 heterocycles. The lowest BCUT2D eigenvalue weighted by atomic mass is 10.0. The molecule has 166 valence electrons. The van der Waals surface area contributed by atoms with E-state index in [4.69, 9.17) is 9.15 Å². The Bertz CT molecular complexity index is 1210. The fraction of sp³-hybridized carbons (Fsp3) is 0.182. The van der Waals surface area contributed by atoms with E-state index in [1.54, 1.807) is 36.8 Å². The van der Waals surface area contributed by atoms with Crippen molar-refractivity contribution < 1.29 is 17.9 Å². The maximum atomic E-state index is 10.8. The highest BCUT2D eigenvalue weighted by Crippen LogP contribution is 2.32. The molecule has 32 heavy (non-hydrogen) atoms. The third-order valence-electron chi connectivity index (χ3n) is 4.76. The third-order valence-corrected chi connectivity index (χ3v) is 5.96. The Morgan fingerprint density at radius 3 is 2.69 bits per heavy atom. The van der Waals surface area contributed by atoms with Crippen LogP contribution in [0, 0.1) is 6.92 Å². The van der Waals surface area contributed by atoms with Gasteiger partial charge in [-0.1, -0.05) is 24.3 Å². The highest BCUT2D eigenvalue weighted by atomic mass is 32.2. The van der Waals surface area contributed by atoms with Gasteiger partial charge in [-0.25, -0.2) is 9.97 Å². The number of thiazole rings is 1. The number of benzene rings is 2. The van der Waals surface area contributed by atoms with Crippen LogP contribution in [0.4, 0.5) is 11.7 Å². The molecule has 4 rings (SSSR count). The fourth-order valence-electron chi connectivity index (χ4n) is 3.27. The van der Waals surface area contributed by atoms with E-state index in [2.05, 4.69) is 20.0 Å². The Labute approximate surface area is 192 Å². The lowest BCUT2D eigenvalue weighted by Gasteiger charge is -2.16. The summed E-state index contributed by atoms with van der Waals surface area (Å²) in [6.45, 7) is 1.96. The van der Waals surface area contributed by atoms with Crippen molar-refractivity contribution in [1.29, 1.82) is 0 Å². The zero-order valence-corrected chi connectivity index (χ0v) is 19.0. The zero-order valence-electron chi connectivity index (χ0n) is 17.4. The standard InChI is InChI=1S/C22H22N4O4S2/c1-14-24-19(13-31-14)18(11-15-7-9-16(10-8-15)26-32(27)28)25-22-23-12-21(30-22)17-5-3-4-6-20(17)29-2/h3-10,12-13,18,26H,11H2,1-2H3,(H,23,25)(H,27,28)/p-1/t18-/m0/s1. The molecule has 0 radical (unpaired) electrons. The van der Waals surface area contributed by atoms with Crippen LogP contribution < -0.4 is 14.8 Å². The summed E-state index contributed by atoms with van der Waals surface area (Å²) >= 11 is -0.781. The van der Waals surface area contributed by atoms with Crippen molar-refractivity contribution >= 4 is 34.3 Å². The highest BCUT2D eigenvalue weighted by Gasteiger charge is 2.19. The van der Waals surface area contributed by atoms with E-state index in [1.807, 2.05) is 48.7 Å². The van der Waals surface area contributed by atoms with E-state index in [-0.39, 0.29) is 6.04 Å². The number of rotatable bonds is 9. The van der Waals surface area contributed by atoms with Gasteiger partial charge in [-0.05, 0) is 43.2 Å². The molecule has 2 aromatic carbocycles. The molecule has 2 atom stereocenters. The minimum absolute atomic E-state index is 0.184. The number of nitrogens with one attached hydrogen (secondary N) is 2.